The molecule has 0 radical (unpaired) electrons. The fourth-order valence-corrected chi connectivity index (χ4v) is 4.41. The van der Waals surface area contributed by atoms with E-state index in [4.69, 9.17) is 0 Å². The highest BCUT2D eigenvalue weighted by Gasteiger charge is 2.24. The van der Waals surface area contributed by atoms with E-state index in [9.17, 15) is 0 Å². The Morgan fingerprint density at radius 1 is 1.39 bits per heavy atom. The van der Waals surface area contributed by atoms with Gasteiger partial charge in [0.1, 0.15) is 0 Å². The number of thiophene rings is 1. The molecular weight excluding hydrogens is 308 g/mol. The summed E-state index contributed by atoms with van der Waals surface area (Å²) in [6.07, 6.45) is 5.30. The van der Waals surface area contributed by atoms with Crippen molar-refractivity contribution in [3.05, 3.63) is 20.8 Å². The maximum absolute atomic E-state index is 3.71. The molecule has 1 N–H and O–H groups in total. The van der Waals surface area contributed by atoms with Crippen LogP contribution in [0.2, 0.25) is 0 Å². The third kappa shape index (κ3) is 3.80. The summed E-state index contributed by atoms with van der Waals surface area (Å²) in [4.78, 5) is 4.18. The van der Waals surface area contributed by atoms with Crippen LogP contribution in [-0.2, 0) is 0 Å². The summed E-state index contributed by atoms with van der Waals surface area (Å²) in [6, 6.07) is 2.81. The molecule has 0 aromatic carbocycles. The van der Waals surface area contributed by atoms with Crippen molar-refractivity contribution < 1.29 is 0 Å². The molecule has 1 aliphatic heterocycles. The van der Waals surface area contributed by atoms with E-state index >= 15 is 0 Å². The lowest BCUT2D eigenvalue weighted by Crippen LogP contribution is -2.45. The zero-order valence-corrected chi connectivity index (χ0v) is 13.5. The van der Waals surface area contributed by atoms with Crippen LogP contribution < -0.4 is 5.32 Å². The third-order valence-corrected chi connectivity index (χ3v) is 5.59. The van der Waals surface area contributed by atoms with Gasteiger partial charge in [0, 0.05) is 41.6 Å². The van der Waals surface area contributed by atoms with E-state index in [1.165, 1.54) is 48.1 Å². The second-order valence-corrected chi connectivity index (χ2v) is 6.73. The second-order valence-electron chi connectivity index (χ2n) is 4.93. The van der Waals surface area contributed by atoms with Gasteiger partial charge in [-0.05, 0) is 33.8 Å². The van der Waals surface area contributed by atoms with Crippen molar-refractivity contribution >= 4 is 27.3 Å². The molecule has 1 aromatic heterocycles. The molecule has 0 saturated carbocycles. The van der Waals surface area contributed by atoms with Gasteiger partial charge in [0.05, 0.1) is 0 Å². The zero-order chi connectivity index (χ0) is 12.8. The van der Waals surface area contributed by atoms with Crippen molar-refractivity contribution in [1.82, 2.24) is 10.2 Å². The van der Waals surface area contributed by atoms with Gasteiger partial charge in [0.25, 0.3) is 0 Å². The topological polar surface area (TPSA) is 15.3 Å². The number of nitrogens with zero attached hydrogens (tertiary/aromatic N) is 1. The number of rotatable bonds is 6. The molecule has 1 aromatic rings. The molecule has 1 atom stereocenters. The Hall–Kier alpha value is 0.1000. The molecule has 0 spiro atoms. The van der Waals surface area contributed by atoms with Crippen molar-refractivity contribution in [3.8, 4) is 0 Å². The summed E-state index contributed by atoms with van der Waals surface area (Å²) in [5, 5.41) is 5.65. The van der Waals surface area contributed by atoms with Crippen LogP contribution in [-0.4, -0.2) is 31.1 Å². The number of nitrogens with one attached hydrogen (secondary N) is 1. The molecule has 2 rings (SSSR count). The minimum atomic E-state index is 0.619. The van der Waals surface area contributed by atoms with Crippen molar-refractivity contribution in [3.63, 3.8) is 0 Å². The summed E-state index contributed by atoms with van der Waals surface area (Å²) >= 11 is 5.61. The zero-order valence-electron chi connectivity index (χ0n) is 11.1. The highest BCUT2D eigenvalue weighted by Crippen LogP contribution is 2.36. The van der Waals surface area contributed by atoms with Gasteiger partial charge in [-0.15, -0.1) is 11.3 Å². The number of unbranched alkanes of at least 4 members (excludes halogenated alkanes) is 2. The first-order chi connectivity index (χ1) is 8.83. The fourth-order valence-electron chi connectivity index (χ4n) is 2.60. The van der Waals surface area contributed by atoms with Gasteiger partial charge in [-0.1, -0.05) is 26.2 Å². The van der Waals surface area contributed by atoms with E-state index in [0.717, 1.165) is 13.1 Å². The third-order valence-electron chi connectivity index (χ3n) is 3.62. The molecule has 1 aliphatic rings. The van der Waals surface area contributed by atoms with Gasteiger partial charge in [0.15, 0.2) is 0 Å². The van der Waals surface area contributed by atoms with Crippen LogP contribution in [0.25, 0.3) is 0 Å². The molecule has 2 heterocycles. The van der Waals surface area contributed by atoms with Crippen molar-refractivity contribution in [2.24, 2.45) is 0 Å². The first-order valence-corrected chi connectivity index (χ1v) is 8.68. The maximum Gasteiger partial charge on any atom is 0.0453 e. The fraction of sp³-hybridized carbons (Fsp3) is 0.714. The van der Waals surface area contributed by atoms with E-state index in [2.05, 4.69) is 44.5 Å². The van der Waals surface area contributed by atoms with Crippen molar-refractivity contribution in [1.29, 1.82) is 0 Å². The lowest BCUT2D eigenvalue weighted by atomic mass is 10.0. The number of halogens is 1. The Bertz CT molecular complexity index is 347. The van der Waals surface area contributed by atoms with Gasteiger partial charge < -0.3 is 5.32 Å². The molecule has 4 heteroatoms. The van der Waals surface area contributed by atoms with E-state index in [-0.39, 0.29) is 0 Å². The largest absolute Gasteiger partial charge is 0.314 e. The normalized spacial score (nSPS) is 19.0. The lowest BCUT2D eigenvalue weighted by Gasteiger charge is -2.34. The Morgan fingerprint density at radius 3 is 2.78 bits per heavy atom. The van der Waals surface area contributed by atoms with Crippen LogP contribution in [0.1, 0.15) is 43.5 Å². The van der Waals surface area contributed by atoms with Gasteiger partial charge in [-0.25, -0.2) is 0 Å². The van der Waals surface area contributed by atoms with Gasteiger partial charge in [-0.3, -0.25) is 4.90 Å². The molecule has 0 bridgehead atoms. The minimum Gasteiger partial charge on any atom is -0.314 e. The predicted octanol–water partition coefficient (Wildman–Crippen LogP) is 4.04. The molecule has 0 amide bonds. The standard InChI is InChI=1S/C14H23BrN2S/c1-2-3-4-5-13(14-12(15)6-11-18-14)17-9-7-16-8-10-17/h6,11,13,16H,2-5,7-10H2,1H3/t13-/m0/s1. The van der Waals surface area contributed by atoms with Crippen LogP contribution in [0, 0.1) is 0 Å². The quantitative estimate of drug-likeness (QED) is 0.792. The second kappa shape index (κ2) is 7.63. The molecule has 1 saturated heterocycles. The Kier molecular flexibility index (Phi) is 6.15. The van der Waals surface area contributed by atoms with Crippen LogP contribution in [0.15, 0.2) is 15.9 Å². The van der Waals surface area contributed by atoms with Crippen LogP contribution in [0.3, 0.4) is 0 Å². The Morgan fingerprint density at radius 2 is 2.17 bits per heavy atom. The molecule has 18 heavy (non-hydrogen) atoms. The average molecular weight is 331 g/mol. The molecule has 0 unspecified atom stereocenters. The van der Waals surface area contributed by atoms with E-state index in [1.807, 2.05) is 11.3 Å². The number of hydrogen-bond acceptors (Lipinski definition) is 3. The van der Waals surface area contributed by atoms with Crippen LogP contribution in [0.4, 0.5) is 0 Å². The lowest BCUT2D eigenvalue weighted by molar-refractivity contribution is 0.165. The highest BCUT2D eigenvalue weighted by molar-refractivity contribution is 9.10. The summed E-state index contributed by atoms with van der Waals surface area (Å²) < 4.78 is 1.30. The number of hydrogen-bond donors (Lipinski definition) is 1. The summed E-state index contributed by atoms with van der Waals surface area (Å²) in [6.45, 7) is 6.91. The van der Waals surface area contributed by atoms with Crippen molar-refractivity contribution in [2.75, 3.05) is 26.2 Å². The van der Waals surface area contributed by atoms with Gasteiger partial charge in [-0.2, -0.15) is 0 Å². The van der Waals surface area contributed by atoms with E-state index in [0.29, 0.717) is 6.04 Å². The smallest absolute Gasteiger partial charge is 0.0453 e. The van der Waals surface area contributed by atoms with Crippen LogP contribution >= 0.6 is 27.3 Å². The van der Waals surface area contributed by atoms with Crippen molar-refractivity contribution in [2.45, 2.75) is 38.6 Å². The van der Waals surface area contributed by atoms with Crippen LogP contribution in [0.5, 0.6) is 0 Å². The summed E-state index contributed by atoms with van der Waals surface area (Å²) in [5.41, 5.74) is 0. The van der Waals surface area contributed by atoms with E-state index in [1.54, 1.807) is 0 Å². The molecule has 2 nitrogen and oxygen atoms in total. The molecular formula is C14H23BrN2S. The average Bonchev–Trinajstić information content (AvgIpc) is 2.82. The maximum atomic E-state index is 3.71. The monoisotopic (exact) mass is 330 g/mol. The SMILES string of the molecule is CCCCC[C@@H](c1sccc1Br)N1CCNCC1. The Labute approximate surface area is 123 Å². The molecule has 102 valence electrons. The summed E-state index contributed by atoms with van der Waals surface area (Å²) in [7, 11) is 0. The molecule has 1 fully saturated rings. The first-order valence-electron chi connectivity index (χ1n) is 7.00. The highest BCUT2D eigenvalue weighted by atomic mass is 79.9. The molecule has 0 aliphatic carbocycles. The van der Waals surface area contributed by atoms with E-state index < -0.39 is 0 Å². The van der Waals surface area contributed by atoms with Gasteiger partial charge >= 0.3 is 0 Å². The number of piperazine rings is 1. The first kappa shape index (κ1) is 14.5. The summed E-state index contributed by atoms with van der Waals surface area (Å²) in [5.74, 6) is 0. The van der Waals surface area contributed by atoms with Gasteiger partial charge in [0.2, 0.25) is 0 Å². The minimum absolute atomic E-state index is 0.619. The Balaban J connectivity index is 2.04. The predicted molar refractivity (Wildman–Crippen MR) is 83.3 cm³/mol.